The second-order valence-electron chi connectivity index (χ2n) is 6.64. The monoisotopic (exact) mass is 249 g/mol. The molecule has 1 N–H and O–H groups in total. The molecule has 1 aliphatic carbocycles. The number of imidazole rings is 1. The minimum absolute atomic E-state index is 0.375. The van der Waals surface area contributed by atoms with Crippen LogP contribution in [0.5, 0.6) is 0 Å². The van der Waals surface area contributed by atoms with E-state index in [2.05, 4.69) is 55.7 Å². The van der Waals surface area contributed by atoms with Gasteiger partial charge in [-0.1, -0.05) is 26.7 Å². The van der Waals surface area contributed by atoms with E-state index in [1.54, 1.807) is 0 Å². The van der Waals surface area contributed by atoms with Crippen LogP contribution in [-0.4, -0.2) is 15.6 Å². The van der Waals surface area contributed by atoms with E-state index in [9.17, 15) is 0 Å². The van der Waals surface area contributed by atoms with Gasteiger partial charge in [-0.15, -0.1) is 0 Å². The van der Waals surface area contributed by atoms with Crippen LogP contribution in [0.25, 0.3) is 0 Å². The van der Waals surface area contributed by atoms with E-state index in [4.69, 9.17) is 0 Å². The number of rotatable bonds is 3. The molecule has 0 saturated heterocycles. The summed E-state index contributed by atoms with van der Waals surface area (Å²) >= 11 is 0. The van der Waals surface area contributed by atoms with Crippen LogP contribution in [-0.2, 0) is 0 Å². The fraction of sp³-hybridized carbons (Fsp3) is 0.800. The normalized spacial score (nSPS) is 23.3. The highest BCUT2D eigenvalue weighted by molar-refractivity contribution is 5.32. The van der Waals surface area contributed by atoms with Crippen molar-refractivity contribution in [3.8, 4) is 0 Å². The Balaban J connectivity index is 2.18. The lowest BCUT2D eigenvalue weighted by molar-refractivity contribution is 0.215. The van der Waals surface area contributed by atoms with Crippen molar-refractivity contribution < 1.29 is 0 Å². The summed E-state index contributed by atoms with van der Waals surface area (Å²) in [5, 5.41) is 3.69. The molecule has 0 spiro atoms. The van der Waals surface area contributed by atoms with Crippen LogP contribution in [0.1, 0.15) is 65.1 Å². The molecule has 0 amide bonds. The molecule has 1 atom stereocenters. The van der Waals surface area contributed by atoms with E-state index < -0.39 is 0 Å². The van der Waals surface area contributed by atoms with Crippen molar-refractivity contribution in [2.24, 2.45) is 5.41 Å². The minimum Gasteiger partial charge on any atom is -0.352 e. The summed E-state index contributed by atoms with van der Waals surface area (Å²) in [4.78, 5) is 4.64. The largest absolute Gasteiger partial charge is 0.352 e. The predicted octanol–water partition coefficient (Wildman–Crippen LogP) is 4.15. The summed E-state index contributed by atoms with van der Waals surface area (Å²) in [5.41, 5.74) is 1.47. The average Bonchev–Trinajstić information content (AvgIpc) is 2.63. The highest BCUT2D eigenvalue weighted by Gasteiger charge is 2.32. The number of nitrogens with one attached hydrogen (secondary N) is 1. The summed E-state index contributed by atoms with van der Waals surface area (Å²) in [6.45, 7) is 11.2. The van der Waals surface area contributed by atoms with Crippen LogP contribution in [0.15, 0.2) is 6.20 Å². The van der Waals surface area contributed by atoms with Crippen molar-refractivity contribution >= 4 is 5.95 Å². The topological polar surface area (TPSA) is 29.9 Å². The number of aromatic nitrogens is 2. The van der Waals surface area contributed by atoms with Crippen LogP contribution in [0, 0.1) is 12.3 Å². The number of nitrogens with zero attached hydrogens (tertiary/aromatic N) is 2. The maximum absolute atomic E-state index is 4.64. The third-order valence-electron chi connectivity index (χ3n) is 4.22. The Hall–Kier alpha value is -0.990. The Morgan fingerprint density at radius 3 is 2.72 bits per heavy atom. The maximum atomic E-state index is 4.64. The molecule has 3 heteroatoms. The summed E-state index contributed by atoms with van der Waals surface area (Å²) < 4.78 is 2.25. The molecule has 1 heterocycles. The molecule has 18 heavy (non-hydrogen) atoms. The standard InChI is InChI=1S/C15H27N3/c1-11(2)18-10-12(3)16-14(18)17-13-8-6-7-9-15(13,4)5/h10-11,13H,6-9H2,1-5H3,(H,16,17). The highest BCUT2D eigenvalue weighted by atomic mass is 15.2. The lowest BCUT2D eigenvalue weighted by Crippen LogP contribution is -2.39. The van der Waals surface area contributed by atoms with Crippen molar-refractivity contribution in [3.63, 3.8) is 0 Å². The lowest BCUT2D eigenvalue weighted by atomic mass is 9.73. The molecule has 0 radical (unpaired) electrons. The van der Waals surface area contributed by atoms with Crippen LogP contribution in [0.2, 0.25) is 0 Å². The first-order valence-corrected chi connectivity index (χ1v) is 7.22. The van der Waals surface area contributed by atoms with Gasteiger partial charge < -0.3 is 9.88 Å². The molecule has 0 bridgehead atoms. The molecule has 102 valence electrons. The molecule has 0 aromatic carbocycles. The number of aryl methyl sites for hydroxylation is 1. The quantitative estimate of drug-likeness (QED) is 0.872. The molecule has 1 aliphatic rings. The smallest absolute Gasteiger partial charge is 0.203 e. The van der Waals surface area contributed by atoms with E-state index in [-0.39, 0.29) is 0 Å². The van der Waals surface area contributed by atoms with E-state index in [1.807, 2.05) is 0 Å². The van der Waals surface area contributed by atoms with Crippen molar-refractivity contribution in [1.29, 1.82) is 0 Å². The Bertz CT molecular complexity index is 404. The van der Waals surface area contributed by atoms with Gasteiger partial charge in [0.25, 0.3) is 0 Å². The summed E-state index contributed by atoms with van der Waals surface area (Å²) in [6.07, 6.45) is 7.41. The van der Waals surface area contributed by atoms with Crippen LogP contribution in [0.4, 0.5) is 5.95 Å². The fourth-order valence-electron chi connectivity index (χ4n) is 2.93. The minimum atomic E-state index is 0.375. The first-order valence-electron chi connectivity index (χ1n) is 7.22. The van der Waals surface area contributed by atoms with Crippen molar-refractivity contribution in [2.45, 2.75) is 72.4 Å². The van der Waals surface area contributed by atoms with E-state index in [1.165, 1.54) is 25.7 Å². The third-order valence-corrected chi connectivity index (χ3v) is 4.22. The molecule has 1 saturated carbocycles. The Kier molecular flexibility index (Phi) is 3.69. The van der Waals surface area contributed by atoms with Gasteiger partial charge in [-0.3, -0.25) is 0 Å². The van der Waals surface area contributed by atoms with Gasteiger partial charge in [0.05, 0.1) is 5.69 Å². The SMILES string of the molecule is Cc1cn(C(C)C)c(NC2CCCCC2(C)C)n1. The van der Waals surface area contributed by atoms with Gasteiger partial charge >= 0.3 is 0 Å². The summed E-state index contributed by atoms with van der Waals surface area (Å²) in [6, 6.07) is 1.01. The third kappa shape index (κ3) is 2.70. The predicted molar refractivity (Wildman–Crippen MR) is 77.0 cm³/mol. The van der Waals surface area contributed by atoms with Gasteiger partial charge in [0.2, 0.25) is 5.95 Å². The Morgan fingerprint density at radius 1 is 1.39 bits per heavy atom. The van der Waals surface area contributed by atoms with Gasteiger partial charge in [-0.2, -0.15) is 0 Å². The van der Waals surface area contributed by atoms with Gasteiger partial charge in [0.15, 0.2) is 0 Å². The Morgan fingerprint density at radius 2 is 2.11 bits per heavy atom. The molecule has 1 aromatic rings. The van der Waals surface area contributed by atoms with Crippen LogP contribution >= 0.6 is 0 Å². The first-order chi connectivity index (χ1) is 8.40. The zero-order valence-corrected chi connectivity index (χ0v) is 12.5. The zero-order valence-electron chi connectivity index (χ0n) is 12.5. The van der Waals surface area contributed by atoms with Crippen molar-refractivity contribution in [3.05, 3.63) is 11.9 Å². The number of hydrogen-bond acceptors (Lipinski definition) is 2. The van der Waals surface area contributed by atoms with Crippen molar-refractivity contribution in [1.82, 2.24) is 9.55 Å². The molecular formula is C15H27N3. The zero-order chi connectivity index (χ0) is 13.3. The van der Waals surface area contributed by atoms with E-state index >= 15 is 0 Å². The molecule has 1 unspecified atom stereocenters. The average molecular weight is 249 g/mol. The molecule has 0 aliphatic heterocycles. The van der Waals surface area contributed by atoms with Crippen molar-refractivity contribution in [2.75, 3.05) is 5.32 Å². The highest BCUT2D eigenvalue weighted by Crippen LogP contribution is 2.37. The van der Waals surface area contributed by atoms with Gasteiger partial charge in [0, 0.05) is 18.3 Å². The van der Waals surface area contributed by atoms with Gasteiger partial charge in [0.1, 0.15) is 0 Å². The lowest BCUT2D eigenvalue weighted by Gasteiger charge is -2.39. The summed E-state index contributed by atoms with van der Waals surface area (Å²) in [7, 11) is 0. The number of hydrogen-bond donors (Lipinski definition) is 1. The fourth-order valence-corrected chi connectivity index (χ4v) is 2.93. The van der Waals surface area contributed by atoms with E-state index in [0.29, 0.717) is 17.5 Å². The van der Waals surface area contributed by atoms with E-state index in [0.717, 1.165) is 11.6 Å². The number of anilines is 1. The molecular weight excluding hydrogens is 222 g/mol. The summed E-state index contributed by atoms with van der Waals surface area (Å²) in [5.74, 6) is 1.04. The molecule has 1 fully saturated rings. The Labute approximate surface area is 111 Å². The first kappa shape index (κ1) is 13.4. The molecule has 3 nitrogen and oxygen atoms in total. The van der Waals surface area contributed by atoms with Gasteiger partial charge in [-0.25, -0.2) is 4.98 Å². The van der Waals surface area contributed by atoms with Crippen LogP contribution < -0.4 is 5.32 Å². The van der Waals surface area contributed by atoms with Crippen LogP contribution in [0.3, 0.4) is 0 Å². The maximum Gasteiger partial charge on any atom is 0.203 e. The molecule has 2 rings (SSSR count). The second-order valence-corrected chi connectivity index (χ2v) is 6.64. The molecule has 1 aromatic heterocycles. The van der Waals surface area contributed by atoms with Gasteiger partial charge in [-0.05, 0) is 39.0 Å². The second kappa shape index (κ2) is 4.94.